The molecule has 0 saturated carbocycles. The highest BCUT2D eigenvalue weighted by molar-refractivity contribution is 7.07. The number of carbonyl (C=O) groups excluding carboxylic acids is 2. The van der Waals surface area contributed by atoms with Crippen LogP contribution in [0.15, 0.2) is 62.9 Å². The summed E-state index contributed by atoms with van der Waals surface area (Å²) < 4.78 is 7.05. The van der Waals surface area contributed by atoms with Crippen molar-refractivity contribution in [1.82, 2.24) is 14.5 Å². The molecular weight excluding hydrogens is 502 g/mol. The fraction of sp³-hybridized carbons (Fsp3) is 0.357. The van der Waals surface area contributed by atoms with E-state index in [0.29, 0.717) is 49.4 Å². The van der Waals surface area contributed by atoms with Gasteiger partial charge < -0.3 is 18.8 Å². The number of thiazole rings is 1. The van der Waals surface area contributed by atoms with Gasteiger partial charge in [-0.3, -0.25) is 19.3 Å². The summed E-state index contributed by atoms with van der Waals surface area (Å²) >= 11 is 1.55. The number of pyridine rings is 1. The molecule has 3 aromatic heterocycles. The lowest BCUT2D eigenvalue weighted by Gasteiger charge is -2.27. The smallest absolute Gasteiger partial charge is 0.261 e. The standard InChI is InChI=1S/C28H31N5O4S/c1-5-33-22-7-6-19(14-23(22)30(4)26(35)28(2,3)27(33)36)15-31(16-20-17-38-18-29-20)11-12-32-10-8-24-21(25(32)34)9-13-37-24/h6-10,13-14,17-18H,5,11-12,15-16H2,1-4H3. The predicted octanol–water partition coefficient (Wildman–Crippen LogP) is 4.11. The predicted molar refractivity (Wildman–Crippen MR) is 148 cm³/mol. The maximum Gasteiger partial charge on any atom is 0.261 e. The summed E-state index contributed by atoms with van der Waals surface area (Å²) in [5, 5.41) is 2.59. The van der Waals surface area contributed by atoms with Crippen LogP contribution in [-0.4, -0.2) is 46.4 Å². The third-order valence-corrected chi connectivity index (χ3v) is 7.79. The molecule has 0 fully saturated rings. The Bertz CT molecular complexity index is 1540. The highest BCUT2D eigenvalue weighted by Crippen LogP contribution is 2.39. The second-order valence-electron chi connectivity index (χ2n) is 10.1. The molecule has 2 amide bonds. The number of fused-ring (bicyclic) bond motifs is 2. The minimum Gasteiger partial charge on any atom is -0.464 e. The van der Waals surface area contributed by atoms with Crippen LogP contribution in [0.3, 0.4) is 0 Å². The summed E-state index contributed by atoms with van der Waals surface area (Å²) in [4.78, 5) is 49.3. The number of amides is 2. The van der Waals surface area contributed by atoms with Gasteiger partial charge in [-0.05, 0) is 50.6 Å². The maximum absolute atomic E-state index is 13.2. The number of furan rings is 1. The second-order valence-corrected chi connectivity index (χ2v) is 10.8. The molecule has 0 unspecified atom stereocenters. The van der Waals surface area contributed by atoms with E-state index in [1.54, 1.807) is 58.9 Å². The normalized spacial score (nSPS) is 15.4. The van der Waals surface area contributed by atoms with Crippen LogP contribution in [0.5, 0.6) is 0 Å². The number of nitrogens with zero attached hydrogens (tertiary/aromatic N) is 5. The summed E-state index contributed by atoms with van der Waals surface area (Å²) in [6.45, 7) is 8.06. The van der Waals surface area contributed by atoms with Crippen LogP contribution in [0.25, 0.3) is 11.0 Å². The van der Waals surface area contributed by atoms with E-state index < -0.39 is 5.41 Å². The molecule has 0 N–H and O–H groups in total. The molecule has 0 radical (unpaired) electrons. The van der Waals surface area contributed by atoms with Gasteiger partial charge in [0, 0.05) is 51.3 Å². The van der Waals surface area contributed by atoms with Crippen molar-refractivity contribution >= 4 is 45.5 Å². The molecule has 1 aliphatic rings. The molecule has 0 aliphatic carbocycles. The third kappa shape index (κ3) is 4.65. The van der Waals surface area contributed by atoms with Crippen molar-refractivity contribution in [1.29, 1.82) is 0 Å². The molecule has 4 heterocycles. The van der Waals surface area contributed by atoms with Crippen molar-refractivity contribution in [2.45, 2.75) is 40.4 Å². The molecular formula is C28H31N5O4S. The highest BCUT2D eigenvalue weighted by atomic mass is 32.1. The Morgan fingerprint density at radius 1 is 1.05 bits per heavy atom. The Morgan fingerprint density at radius 3 is 2.61 bits per heavy atom. The molecule has 0 saturated heterocycles. The van der Waals surface area contributed by atoms with Gasteiger partial charge in [0.2, 0.25) is 11.8 Å². The van der Waals surface area contributed by atoms with E-state index in [1.165, 1.54) is 6.26 Å². The lowest BCUT2D eigenvalue weighted by Crippen LogP contribution is -2.47. The SMILES string of the molecule is CCN1C(=O)C(C)(C)C(=O)N(C)c2cc(CN(CCn3ccc4occc4c3=O)Cc3cscn3)ccc21. The molecule has 0 spiro atoms. The summed E-state index contributed by atoms with van der Waals surface area (Å²) in [5.41, 5.74) is 4.56. The number of benzene rings is 1. The Labute approximate surface area is 224 Å². The minimum atomic E-state index is -1.15. The zero-order chi connectivity index (χ0) is 27.0. The number of hydrogen-bond donors (Lipinski definition) is 0. The Hall–Kier alpha value is -3.76. The molecule has 1 aliphatic heterocycles. The van der Waals surface area contributed by atoms with Crippen LogP contribution in [0.2, 0.25) is 0 Å². The summed E-state index contributed by atoms with van der Waals surface area (Å²) in [5.74, 6) is -0.432. The van der Waals surface area contributed by atoms with E-state index in [4.69, 9.17) is 4.42 Å². The quantitative estimate of drug-likeness (QED) is 0.317. The Kier molecular flexibility index (Phi) is 6.93. The minimum absolute atomic E-state index is 0.0815. The topological polar surface area (TPSA) is 91.9 Å². The van der Waals surface area contributed by atoms with Gasteiger partial charge in [0.15, 0.2) is 0 Å². The van der Waals surface area contributed by atoms with Gasteiger partial charge in [-0.25, -0.2) is 4.98 Å². The Morgan fingerprint density at radius 2 is 1.87 bits per heavy atom. The van der Waals surface area contributed by atoms with E-state index in [9.17, 15) is 14.4 Å². The van der Waals surface area contributed by atoms with Gasteiger partial charge in [0.25, 0.3) is 5.56 Å². The van der Waals surface area contributed by atoms with Crippen molar-refractivity contribution in [3.8, 4) is 0 Å². The summed E-state index contributed by atoms with van der Waals surface area (Å²) in [6.07, 6.45) is 3.29. The van der Waals surface area contributed by atoms with Crippen LogP contribution < -0.4 is 15.4 Å². The van der Waals surface area contributed by atoms with Gasteiger partial charge in [-0.15, -0.1) is 11.3 Å². The molecule has 9 nitrogen and oxygen atoms in total. The fourth-order valence-electron chi connectivity index (χ4n) is 4.99. The van der Waals surface area contributed by atoms with Crippen molar-refractivity contribution < 1.29 is 14.0 Å². The van der Waals surface area contributed by atoms with Crippen LogP contribution in [0, 0.1) is 5.41 Å². The third-order valence-electron chi connectivity index (χ3n) is 7.15. The van der Waals surface area contributed by atoms with E-state index in [1.807, 2.05) is 42.1 Å². The monoisotopic (exact) mass is 533 g/mol. The van der Waals surface area contributed by atoms with Crippen molar-refractivity contribution in [2.75, 3.05) is 29.9 Å². The van der Waals surface area contributed by atoms with E-state index in [-0.39, 0.29) is 17.4 Å². The first-order valence-electron chi connectivity index (χ1n) is 12.6. The maximum atomic E-state index is 13.2. The van der Waals surface area contributed by atoms with Crippen LogP contribution in [0.1, 0.15) is 32.0 Å². The number of rotatable bonds is 8. The molecule has 38 heavy (non-hydrogen) atoms. The Balaban J connectivity index is 1.43. The van der Waals surface area contributed by atoms with Crippen LogP contribution in [-0.2, 0) is 29.2 Å². The van der Waals surface area contributed by atoms with Crippen LogP contribution >= 0.6 is 11.3 Å². The average Bonchev–Trinajstić information content (AvgIpc) is 3.59. The molecule has 5 rings (SSSR count). The zero-order valence-corrected chi connectivity index (χ0v) is 22.8. The van der Waals surface area contributed by atoms with Gasteiger partial charge in [0.05, 0.1) is 34.2 Å². The summed E-state index contributed by atoms with van der Waals surface area (Å²) in [6, 6.07) is 9.42. The van der Waals surface area contributed by atoms with Crippen molar-refractivity contribution in [3.05, 3.63) is 75.3 Å². The number of anilines is 2. The number of aromatic nitrogens is 2. The first kappa shape index (κ1) is 25.9. The van der Waals surface area contributed by atoms with Gasteiger partial charge in [-0.1, -0.05) is 6.07 Å². The molecule has 10 heteroatoms. The first-order valence-corrected chi connectivity index (χ1v) is 13.5. The van der Waals surface area contributed by atoms with E-state index >= 15 is 0 Å². The van der Waals surface area contributed by atoms with Crippen molar-refractivity contribution in [3.63, 3.8) is 0 Å². The average molecular weight is 534 g/mol. The zero-order valence-electron chi connectivity index (χ0n) is 22.0. The van der Waals surface area contributed by atoms with E-state index in [0.717, 1.165) is 16.9 Å². The molecule has 1 aromatic carbocycles. The molecule has 198 valence electrons. The molecule has 0 bridgehead atoms. The van der Waals surface area contributed by atoms with Crippen LogP contribution in [0.4, 0.5) is 11.4 Å². The molecule has 4 aromatic rings. The lowest BCUT2D eigenvalue weighted by molar-refractivity contribution is -0.137. The van der Waals surface area contributed by atoms with E-state index in [2.05, 4.69) is 9.88 Å². The van der Waals surface area contributed by atoms with Gasteiger partial charge in [0.1, 0.15) is 11.0 Å². The van der Waals surface area contributed by atoms with Gasteiger partial charge in [-0.2, -0.15) is 0 Å². The first-order chi connectivity index (χ1) is 18.2. The lowest BCUT2D eigenvalue weighted by atomic mass is 9.90. The van der Waals surface area contributed by atoms with Gasteiger partial charge >= 0.3 is 0 Å². The highest BCUT2D eigenvalue weighted by Gasteiger charge is 2.45. The second kappa shape index (κ2) is 10.2. The molecule has 0 atom stereocenters. The summed E-state index contributed by atoms with van der Waals surface area (Å²) in [7, 11) is 1.73. The number of carbonyl (C=O) groups is 2. The number of hydrogen-bond acceptors (Lipinski definition) is 7. The fourth-order valence-corrected chi connectivity index (χ4v) is 5.54. The van der Waals surface area contributed by atoms with Crippen molar-refractivity contribution in [2.24, 2.45) is 5.41 Å². The largest absolute Gasteiger partial charge is 0.464 e.